The summed E-state index contributed by atoms with van der Waals surface area (Å²) in [6.45, 7) is 3.94. The third-order valence-corrected chi connectivity index (χ3v) is 4.20. The molecule has 1 aliphatic heterocycles. The van der Waals surface area contributed by atoms with Crippen molar-refractivity contribution in [2.24, 2.45) is 0 Å². The second-order valence-corrected chi connectivity index (χ2v) is 5.70. The first-order valence-electron chi connectivity index (χ1n) is 8.02. The molecule has 5 nitrogen and oxygen atoms in total. The molecule has 24 heavy (non-hydrogen) atoms. The number of hydrogen-bond donors (Lipinski definition) is 1. The van der Waals surface area contributed by atoms with Crippen LogP contribution in [0.3, 0.4) is 0 Å². The number of rotatable bonds is 7. The van der Waals surface area contributed by atoms with Gasteiger partial charge in [0.2, 0.25) is 6.79 Å². The Kier molecular flexibility index (Phi) is 5.11. The molecule has 0 radical (unpaired) electrons. The summed E-state index contributed by atoms with van der Waals surface area (Å²) in [5.74, 6) is 3.38. The van der Waals surface area contributed by atoms with Crippen LogP contribution in [-0.2, 0) is 13.0 Å². The number of hydrogen-bond acceptors (Lipinski definition) is 5. The fourth-order valence-corrected chi connectivity index (χ4v) is 2.93. The van der Waals surface area contributed by atoms with Gasteiger partial charge in [-0.3, -0.25) is 0 Å². The van der Waals surface area contributed by atoms with Gasteiger partial charge in [-0.15, -0.1) is 0 Å². The monoisotopic (exact) mass is 329 g/mol. The van der Waals surface area contributed by atoms with Crippen molar-refractivity contribution in [1.29, 1.82) is 0 Å². The van der Waals surface area contributed by atoms with Crippen molar-refractivity contribution in [2.45, 2.75) is 19.9 Å². The van der Waals surface area contributed by atoms with E-state index in [1.807, 2.05) is 31.2 Å². The molecule has 1 N–H and O–H groups in total. The summed E-state index contributed by atoms with van der Waals surface area (Å²) in [4.78, 5) is 0. The lowest BCUT2D eigenvalue weighted by molar-refractivity contribution is 0.174. The van der Waals surface area contributed by atoms with E-state index in [1.165, 1.54) is 5.56 Å². The third kappa shape index (κ3) is 3.41. The molecule has 0 bridgehead atoms. The summed E-state index contributed by atoms with van der Waals surface area (Å²) >= 11 is 0. The number of methoxy groups -OCH3 is 2. The van der Waals surface area contributed by atoms with Gasteiger partial charge in [-0.1, -0.05) is 12.1 Å². The summed E-state index contributed by atoms with van der Waals surface area (Å²) in [5.41, 5.74) is 3.38. The van der Waals surface area contributed by atoms with Crippen LogP contribution in [0.5, 0.6) is 23.0 Å². The molecule has 2 aromatic carbocycles. The topological polar surface area (TPSA) is 49.0 Å². The van der Waals surface area contributed by atoms with Crippen molar-refractivity contribution in [3.8, 4) is 23.0 Å². The van der Waals surface area contributed by atoms with Crippen molar-refractivity contribution >= 4 is 0 Å². The van der Waals surface area contributed by atoms with Crippen molar-refractivity contribution in [3.05, 3.63) is 47.0 Å². The molecular formula is C19H23NO4. The zero-order valence-electron chi connectivity index (χ0n) is 14.3. The summed E-state index contributed by atoms with van der Waals surface area (Å²) in [5, 5.41) is 3.46. The normalized spacial score (nSPS) is 12.3. The number of fused-ring (bicyclic) bond motifs is 1. The van der Waals surface area contributed by atoms with E-state index in [2.05, 4.69) is 11.4 Å². The number of ether oxygens (including phenoxy) is 4. The van der Waals surface area contributed by atoms with Crippen LogP contribution in [0.25, 0.3) is 0 Å². The molecule has 2 aromatic rings. The average Bonchev–Trinajstić information content (AvgIpc) is 3.06. The minimum atomic E-state index is 0.313. The highest BCUT2D eigenvalue weighted by atomic mass is 16.7. The molecule has 0 atom stereocenters. The van der Waals surface area contributed by atoms with E-state index in [0.717, 1.165) is 53.6 Å². The van der Waals surface area contributed by atoms with Crippen molar-refractivity contribution in [3.63, 3.8) is 0 Å². The van der Waals surface area contributed by atoms with Crippen LogP contribution in [0.2, 0.25) is 0 Å². The molecule has 0 aliphatic carbocycles. The molecule has 0 saturated heterocycles. The second-order valence-electron chi connectivity index (χ2n) is 5.70. The van der Waals surface area contributed by atoms with Gasteiger partial charge in [0.05, 0.1) is 14.2 Å². The standard InChI is InChI=1S/C19H23NO4/c1-13-16(21-2)7-5-15(19(13)22-3)11-20-9-8-14-4-6-17-18(10-14)24-12-23-17/h4-7,10,20H,8-9,11-12H2,1-3H3. The van der Waals surface area contributed by atoms with E-state index in [4.69, 9.17) is 18.9 Å². The highest BCUT2D eigenvalue weighted by Crippen LogP contribution is 2.33. The molecule has 3 rings (SSSR count). The fourth-order valence-electron chi connectivity index (χ4n) is 2.93. The lowest BCUT2D eigenvalue weighted by Crippen LogP contribution is -2.17. The van der Waals surface area contributed by atoms with E-state index in [-0.39, 0.29) is 0 Å². The van der Waals surface area contributed by atoms with E-state index in [1.54, 1.807) is 14.2 Å². The van der Waals surface area contributed by atoms with E-state index in [0.29, 0.717) is 6.79 Å². The smallest absolute Gasteiger partial charge is 0.231 e. The van der Waals surface area contributed by atoms with Gasteiger partial charge < -0.3 is 24.3 Å². The summed E-state index contributed by atoms with van der Waals surface area (Å²) < 4.78 is 21.6. The molecule has 0 spiro atoms. The predicted molar refractivity (Wildman–Crippen MR) is 92.3 cm³/mol. The van der Waals surface area contributed by atoms with Gasteiger partial charge in [0.25, 0.3) is 0 Å². The van der Waals surface area contributed by atoms with Crippen molar-refractivity contribution in [1.82, 2.24) is 5.32 Å². The Morgan fingerprint density at radius 1 is 1.04 bits per heavy atom. The summed E-state index contributed by atoms with van der Waals surface area (Å²) in [7, 11) is 3.36. The first-order valence-corrected chi connectivity index (χ1v) is 8.02. The van der Waals surface area contributed by atoms with Gasteiger partial charge in [0, 0.05) is 17.7 Å². The Balaban J connectivity index is 1.56. The van der Waals surface area contributed by atoms with Crippen LogP contribution in [-0.4, -0.2) is 27.6 Å². The van der Waals surface area contributed by atoms with Crippen molar-refractivity contribution in [2.75, 3.05) is 27.6 Å². The maximum atomic E-state index is 5.53. The highest BCUT2D eigenvalue weighted by molar-refractivity contribution is 5.49. The third-order valence-electron chi connectivity index (χ3n) is 4.20. The Morgan fingerprint density at radius 3 is 2.67 bits per heavy atom. The van der Waals surface area contributed by atoms with Crippen LogP contribution in [0, 0.1) is 6.92 Å². The first kappa shape index (κ1) is 16.5. The molecule has 0 aromatic heterocycles. The molecule has 0 amide bonds. The predicted octanol–water partition coefficient (Wildman–Crippen LogP) is 3.07. The van der Waals surface area contributed by atoms with E-state index >= 15 is 0 Å². The highest BCUT2D eigenvalue weighted by Gasteiger charge is 2.13. The van der Waals surface area contributed by atoms with Crippen LogP contribution in [0.1, 0.15) is 16.7 Å². The fraction of sp³-hybridized carbons (Fsp3) is 0.368. The Morgan fingerprint density at radius 2 is 1.88 bits per heavy atom. The number of benzene rings is 2. The van der Waals surface area contributed by atoms with Gasteiger partial charge >= 0.3 is 0 Å². The minimum absolute atomic E-state index is 0.313. The van der Waals surface area contributed by atoms with E-state index in [9.17, 15) is 0 Å². The van der Waals surface area contributed by atoms with Gasteiger partial charge in [0.1, 0.15) is 11.5 Å². The first-order chi connectivity index (χ1) is 11.7. The maximum Gasteiger partial charge on any atom is 0.231 e. The van der Waals surface area contributed by atoms with E-state index < -0.39 is 0 Å². The molecule has 0 unspecified atom stereocenters. The summed E-state index contributed by atoms with van der Waals surface area (Å²) in [6, 6.07) is 10.1. The lowest BCUT2D eigenvalue weighted by atomic mass is 10.1. The van der Waals surface area contributed by atoms with Crippen LogP contribution in [0.15, 0.2) is 30.3 Å². The van der Waals surface area contributed by atoms with Crippen LogP contribution in [0.4, 0.5) is 0 Å². The zero-order valence-corrected chi connectivity index (χ0v) is 14.3. The van der Waals surface area contributed by atoms with Gasteiger partial charge in [0.15, 0.2) is 11.5 Å². The van der Waals surface area contributed by atoms with Crippen LogP contribution < -0.4 is 24.3 Å². The number of nitrogens with one attached hydrogen (secondary N) is 1. The molecule has 0 fully saturated rings. The Labute approximate surface area is 142 Å². The molecule has 128 valence electrons. The zero-order chi connectivity index (χ0) is 16.9. The van der Waals surface area contributed by atoms with Gasteiger partial charge in [-0.05, 0) is 43.7 Å². The SMILES string of the molecule is COc1ccc(CNCCc2ccc3c(c2)OCO3)c(OC)c1C. The molecular weight excluding hydrogens is 306 g/mol. The largest absolute Gasteiger partial charge is 0.496 e. The average molecular weight is 329 g/mol. The molecule has 1 heterocycles. The van der Waals surface area contributed by atoms with Crippen LogP contribution >= 0.6 is 0 Å². The minimum Gasteiger partial charge on any atom is -0.496 e. The quantitative estimate of drug-likeness (QED) is 0.791. The molecule has 0 saturated carbocycles. The van der Waals surface area contributed by atoms with Gasteiger partial charge in [-0.25, -0.2) is 0 Å². The molecule has 1 aliphatic rings. The Bertz CT molecular complexity index is 715. The summed E-state index contributed by atoms with van der Waals surface area (Å²) in [6.07, 6.45) is 0.925. The van der Waals surface area contributed by atoms with Gasteiger partial charge in [-0.2, -0.15) is 0 Å². The Hall–Kier alpha value is -2.40. The molecule has 5 heteroatoms. The second kappa shape index (κ2) is 7.45. The van der Waals surface area contributed by atoms with Crippen molar-refractivity contribution < 1.29 is 18.9 Å². The lowest BCUT2D eigenvalue weighted by Gasteiger charge is -2.15. The maximum absolute atomic E-state index is 5.53.